The molecule has 0 saturated heterocycles. The lowest BCUT2D eigenvalue weighted by Crippen LogP contribution is -2.47. The van der Waals surface area contributed by atoms with Gasteiger partial charge in [-0.1, -0.05) is 54.1 Å². The van der Waals surface area contributed by atoms with E-state index >= 15 is 0 Å². The molecule has 1 aliphatic carbocycles. The van der Waals surface area contributed by atoms with E-state index in [-0.39, 0.29) is 47.0 Å². The van der Waals surface area contributed by atoms with Crippen molar-refractivity contribution in [2.24, 2.45) is 5.92 Å². The van der Waals surface area contributed by atoms with Crippen LogP contribution < -0.4 is 5.32 Å². The molecule has 0 fully saturated rings. The second kappa shape index (κ2) is 13.2. The Kier molecular flexibility index (Phi) is 10.1. The second-order valence-electron chi connectivity index (χ2n) is 11.8. The lowest BCUT2D eigenvalue weighted by Gasteiger charge is -2.31. The van der Waals surface area contributed by atoms with E-state index in [0.29, 0.717) is 17.0 Å². The highest BCUT2D eigenvalue weighted by Crippen LogP contribution is 2.33. The van der Waals surface area contributed by atoms with Gasteiger partial charge in [0.2, 0.25) is 10.0 Å². The molecular formula is C32H38ClFN2O5S. The summed E-state index contributed by atoms with van der Waals surface area (Å²) in [6.45, 7) is 4.33. The molecule has 0 saturated carbocycles. The van der Waals surface area contributed by atoms with Crippen LogP contribution >= 0.6 is 11.6 Å². The van der Waals surface area contributed by atoms with Crippen LogP contribution in [-0.4, -0.2) is 60.7 Å². The Morgan fingerprint density at radius 2 is 1.79 bits per heavy atom. The summed E-state index contributed by atoms with van der Waals surface area (Å²) in [4.78, 5) is 10.7. The minimum Gasteiger partial charge on any atom is -0.481 e. The van der Waals surface area contributed by atoms with Gasteiger partial charge in [0.25, 0.3) is 0 Å². The van der Waals surface area contributed by atoms with E-state index in [1.54, 1.807) is 6.07 Å². The molecule has 3 N–H and O–H groups in total. The lowest BCUT2D eigenvalue weighted by atomic mass is 9.88. The highest BCUT2D eigenvalue weighted by Gasteiger charge is 2.29. The van der Waals surface area contributed by atoms with Crippen LogP contribution in [0.4, 0.5) is 4.39 Å². The van der Waals surface area contributed by atoms with E-state index < -0.39 is 27.9 Å². The number of rotatable bonds is 13. The van der Waals surface area contributed by atoms with Crippen molar-refractivity contribution in [1.82, 2.24) is 9.62 Å². The van der Waals surface area contributed by atoms with Crippen molar-refractivity contribution in [3.8, 4) is 11.1 Å². The standard InChI is InChI=1S/C32H38ClFN2O5S/c1-32(2,18-21-14-23-6-4-5-7-24(23)15-21)35-19-26(37)20-36(3)42(40,41)27-11-12-28(29(33)17-27)25-9-8-22(30(34)16-25)10-13-31(38)39/h4-9,11-12,16-17,21,26,35,37H,10,13-15,18-20H2,1-3H3,(H,38,39)/t26-/m0/s1. The topological polar surface area (TPSA) is 107 Å². The third-order valence-corrected chi connectivity index (χ3v) is 9.97. The Morgan fingerprint density at radius 1 is 1.12 bits per heavy atom. The number of carboxylic acids is 1. The molecule has 1 atom stereocenters. The monoisotopic (exact) mass is 616 g/mol. The number of nitrogens with one attached hydrogen (secondary N) is 1. The van der Waals surface area contributed by atoms with Crippen molar-refractivity contribution in [3.63, 3.8) is 0 Å². The van der Waals surface area contributed by atoms with Crippen LogP contribution in [0.5, 0.6) is 0 Å². The minimum absolute atomic E-state index is 0.0430. The molecule has 4 rings (SSSR count). The van der Waals surface area contributed by atoms with Crippen molar-refractivity contribution in [2.45, 2.75) is 62.5 Å². The van der Waals surface area contributed by atoms with E-state index in [1.165, 1.54) is 48.5 Å². The normalized spacial score (nSPS) is 14.7. The fourth-order valence-corrected chi connectivity index (χ4v) is 7.26. The number of halogens is 2. The fourth-order valence-electron chi connectivity index (χ4n) is 5.67. The summed E-state index contributed by atoms with van der Waals surface area (Å²) < 4.78 is 42.2. The molecule has 0 aliphatic heterocycles. The molecule has 10 heteroatoms. The maximum Gasteiger partial charge on any atom is 0.303 e. The number of sulfonamides is 1. The van der Waals surface area contributed by atoms with Crippen LogP contribution in [0.2, 0.25) is 5.02 Å². The predicted molar refractivity (Wildman–Crippen MR) is 163 cm³/mol. The van der Waals surface area contributed by atoms with Gasteiger partial charge in [0.15, 0.2) is 0 Å². The Hall–Kier alpha value is -2.82. The number of benzene rings is 3. The molecule has 0 unspecified atom stereocenters. The number of fused-ring (bicyclic) bond motifs is 1. The predicted octanol–water partition coefficient (Wildman–Crippen LogP) is 5.32. The molecule has 42 heavy (non-hydrogen) atoms. The van der Waals surface area contributed by atoms with E-state index in [4.69, 9.17) is 16.7 Å². The van der Waals surface area contributed by atoms with Crippen molar-refractivity contribution >= 4 is 27.6 Å². The summed E-state index contributed by atoms with van der Waals surface area (Å²) in [6, 6.07) is 17.1. The average Bonchev–Trinajstić information content (AvgIpc) is 3.32. The van der Waals surface area contributed by atoms with Gasteiger partial charge in [-0.15, -0.1) is 0 Å². The van der Waals surface area contributed by atoms with Crippen molar-refractivity contribution in [1.29, 1.82) is 0 Å². The molecule has 0 bridgehead atoms. The summed E-state index contributed by atoms with van der Waals surface area (Å²) in [7, 11) is -2.55. The Bertz CT molecular complexity index is 1520. The van der Waals surface area contributed by atoms with Gasteiger partial charge in [-0.2, -0.15) is 4.31 Å². The lowest BCUT2D eigenvalue weighted by molar-refractivity contribution is -0.136. The Morgan fingerprint density at radius 3 is 2.38 bits per heavy atom. The summed E-state index contributed by atoms with van der Waals surface area (Å²) in [5, 5.41) is 23.1. The number of aryl methyl sites for hydroxylation is 1. The van der Waals surface area contributed by atoms with Crippen molar-refractivity contribution in [2.75, 3.05) is 20.1 Å². The molecule has 226 valence electrons. The van der Waals surface area contributed by atoms with Gasteiger partial charge >= 0.3 is 5.97 Å². The van der Waals surface area contributed by atoms with Gasteiger partial charge in [0, 0.05) is 42.7 Å². The maximum atomic E-state index is 14.5. The first-order valence-electron chi connectivity index (χ1n) is 14.0. The number of hydrogen-bond donors (Lipinski definition) is 3. The van der Waals surface area contributed by atoms with Gasteiger partial charge < -0.3 is 15.5 Å². The average molecular weight is 617 g/mol. The third kappa shape index (κ3) is 7.96. The number of hydrogen-bond acceptors (Lipinski definition) is 5. The Labute approximate surface area is 252 Å². The van der Waals surface area contributed by atoms with Crippen molar-refractivity contribution in [3.05, 3.63) is 88.2 Å². The molecule has 3 aromatic rings. The molecule has 7 nitrogen and oxygen atoms in total. The molecule has 3 aromatic carbocycles. The van der Waals surface area contributed by atoms with Crippen LogP contribution in [0.1, 0.15) is 43.4 Å². The van der Waals surface area contributed by atoms with E-state index in [0.717, 1.165) is 23.6 Å². The first kappa shape index (κ1) is 32.1. The highest BCUT2D eigenvalue weighted by molar-refractivity contribution is 7.89. The maximum absolute atomic E-state index is 14.5. The number of aliphatic hydroxyl groups is 1. The zero-order chi connectivity index (χ0) is 30.7. The molecule has 0 radical (unpaired) electrons. The molecule has 0 heterocycles. The quantitative estimate of drug-likeness (QED) is 0.240. The SMILES string of the molecule is CN(C[C@@H](O)CNC(C)(C)CC1Cc2ccccc2C1)S(=O)(=O)c1ccc(-c2ccc(CCC(=O)O)c(F)c2)c(Cl)c1. The summed E-state index contributed by atoms with van der Waals surface area (Å²) >= 11 is 6.43. The zero-order valence-electron chi connectivity index (χ0n) is 24.1. The summed E-state index contributed by atoms with van der Waals surface area (Å²) in [5.41, 5.74) is 3.73. The van der Waals surface area contributed by atoms with Crippen molar-refractivity contribution < 1.29 is 27.8 Å². The number of likely N-dealkylation sites (N-methyl/N-ethyl adjacent to an activating group) is 1. The highest BCUT2D eigenvalue weighted by atomic mass is 35.5. The molecule has 0 aromatic heterocycles. The van der Waals surface area contributed by atoms with E-state index in [1.807, 2.05) is 0 Å². The molecule has 1 aliphatic rings. The van der Waals surface area contributed by atoms with Crippen LogP contribution in [-0.2, 0) is 34.1 Å². The van der Waals surface area contributed by atoms with Gasteiger partial charge in [0.05, 0.1) is 11.0 Å². The molecule has 0 spiro atoms. The third-order valence-electron chi connectivity index (χ3n) is 7.84. The van der Waals surface area contributed by atoms with Gasteiger partial charge in [-0.3, -0.25) is 4.79 Å². The number of aliphatic carboxylic acids is 1. The van der Waals surface area contributed by atoms with Gasteiger partial charge in [-0.25, -0.2) is 12.8 Å². The first-order chi connectivity index (χ1) is 19.7. The van der Waals surface area contributed by atoms with E-state index in [2.05, 4.69) is 43.4 Å². The van der Waals surface area contributed by atoms with Gasteiger partial charge in [0.1, 0.15) is 5.82 Å². The number of β-amino-alcohol motifs (C(OH)–C–C–N with tert-alkyl or cyclic N) is 1. The Balaban J connectivity index is 1.34. The fraction of sp³-hybridized carbons (Fsp3) is 0.406. The number of carboxylic acid groups (broad SMARTS) is 1. The smallest absolute Gasteiger partial charge is 0.303 e. The minimum atomic E-state index is -3.96. The van der Waals surface area contributed by atoms with E-state index in [9.17, 15) is 22.7 Å². The summed E-state index contributed by atoms with van der Waals surface area (Å²) in [6.07, 6.45) is 1.96. The largest absolute Gasteiger partial charge is 0.481 e. The van der Waals surface area contributed by atoms with Gasteiger partial charge in [-0.05, 0) is 85.9 Å². The number of aliphatic hydroxyl groups excluding tert-OH is 1. The molecule has 0 amide bonds. The number of nitrogens with zero attached hydrogens (tertiary/aromatic N) is 1. The van der Waals surface area contributed by atoms with Crippen LogP contribution in [0.3, 0.4) is 0 Å². The second-order valence-corrected chi connectivity index (χ2v) is 14.2. The molecular weight excluding hydrogens is 579 g/mol. The summed E-state index contributed by atoms with van der Waals surface area (Å²) in [5.74, 6) is -1.05. The first-order valence-corrected chi connectivity index (χ1v) is 15.8. The number of carbonyl (C=O) groups is 1. The van der Waals surface area contributed by atoms with Crippen LogP contribution in [0, 0.1) is 11.7 Å². The van der Waals surface area contributed by atoms with Crippen LogP contribution in [0.15, 0.2) is 65.6 Å². The zero-order valence-corrected chi connectivity index (χ0v) is 25.7. The van der Waals surface area contributed by atoms with Crippen LogP contribution in [0.25, 0.3) is 11.1 Å².